The van der Waals surface area contributed by atoms with E-state index in [1.807, 2.05) is 0 Å². The molecule has 1 aromatic heterocycles. The quantitative estimate of drug-likeness (QED) is 0.775. The fourth-order valence-corrected chi connectivity index (χ4v) is 1.16. The average molecular weight is 208 g/mol. The van der Waals surface area contributed by atoms with Crippen LogP contribution in [0, 0.1) is 0 Å². The maximum Gasteiger partial charge on any atom is 0.258 e. The molecule has 0 fully saturated rings. The Morgan fingerprint density at radius 1 is 1.33 bits per heavy atom. The molecule has 0 N–H and O–H groups in total. The van der Waals surface area contributed by atoms with E-state index in [-0.39, 0.29) is 5.82 Å². The number of hydrogen-bond donors (Lipinski definition) is 0. The molecule has 0 amide bonds. The number of ether oxygens (including phenoxy) is 1. The molecule has 0 spiro atoms. The zero-order valence-corrected chi connectivity index (χ0v) is 8.11. The van der Waals surface area contributed by atoms with Crippen LogP contribution < -0.4 is 4.74 Å². The van der Waals surface area contributed by atoms with E-state index in [1.165, 1.54) is 0 Å². The Bertz CT molecular complexity index is 439. The summed E-state index contributed by atoms with van der Waals surface area (Å²) in [5.41, 5.74) is 0.739. The van der Waals surface area contributed by atoms with Gasteiger partial charge in [-0.1, -0.05) is 5.16 Å². The Hall–Kier alpha value is -1.91. The van der Waals surface area contributed by atoms with Crippen LogP contribution in [0.15, 0.2) is 28.8 Å². The topological polar surface area (TPSA) is 48.2 Å². The van der Waals surface area contributed by atoms with Crippen LogP contribution >= 0.6 is 0 Å². The highest BCUT2D eigenvalue weighted by Gasteiger charge is 2.07. The molecule has 0 aliphatic heterocycles. The summed E-state index contributed by atoms with van der Waals surface area (Å²) in [6.07, 6.45) is 0. The number of aromatic nitrogens is 2. The van der Waals surface area contributed by atoms with Gasteiger partial charge in [-0.2, -0.15) is 4.98 Å². The first kappa shape index (κ1) is 9.64. The van der Waals surface area contributed by atoms with Crippen molar-refractivity contribution in [2.24, 2.45) is 0 Å². The van der Waals surface area contributed by atoms with Gasteiger partial charge in [-0.3, -0.25) is 0 Å². The second-order valence-corrected chi connectivity index (χ2v) is 2.88. The maximum atomic E-state index is 12.2. The van der Waals surface area contributed by atoms with Crippen molar-refractivity contribution in [2.75, 3.05) is 7.11 Å². The molecule has 0 aliphatic rings. The number of hydrogen-bond acceptors (Lipinski definition) is 4. The van der Waals surface area contributed by atoms with Crippen molar-refractivity contribution in [3.8, 4) is 17.2 Å². The molecule has 0 saturated heterocycles. The van der Waals surface area contributed by atoms with Gasteiger partial charge >= 0.3 is 0 Å². The van der Waals surface area contributed by atoms with Gasteiger partial charge in [-0.25, -0.2) is 4.39 Å². The van der Waals surface area contributed by atoms with Crippen LogP contribution in [0.2, 0.25) is 0 Å². The van der Waals surface area contributed by atoms with Crippen molar-refractivity contribution in [1.29, 1.82) is 0 Å². The molecule has 2 rings (SSSR count). The summed E-state index contributed by atoms with van der Waals surface area (Å²) in [5, 5.41) is 3.46. The Morgan fingerprint density at radius 3 is 2.60 bits per heavy atom. The Labute approximate surface area is 85.7 Å². The number of rotatable bonds is 3. The zero-order chi connectivity index (χ0) is 10.7. The lowest BCUT2D eigenvalue weighted by Crippen LogP contribution is -1.83. The molecule has 0 radical (unpaired) electrons. The van der Waals surface area contributed by atoms with E-state index in [0.29, 0.717) is 5.89 Å². The third-order valence-electron chi connectivity index (χ3n) is 1.92. The van der Waals surface area contributed by atoms with Crippen LogP contribution in [0.5, 0.6) is 5.75 Å². The maximum absolute atomic E-state index is 12.2. The normalized spacial score (nSPS) is 10.3. The molecule has 15 heavy (non-hydrogen) atoms. The number of methoxy groups -OCH3 is 1. The fraction of sp³-hybridized carbons (Fsp3) is 0.200. The summed E-state index contributed by atoms with van der Waals surface area (Å²) in [4.78, 5) is 3.86. The third kappa shape index (κ3) is 1.96. The number of alkyl halides is 1. The second-order valence-electron chi connectivity index (χ2n) is 2.88. The van der Waals surface area contributed by atoms with Crippen LogP contribution in [0.3, 0.4) is 0 Å². The smallest absolute Gasteiger partial charge is 0.258 e. The molecule has 0 atom stereocenters. The highest BCUT2D eigenvalue weighted by molar-refractivity contribution is 5.54. The van der Waals surface area contributed by atoms with E-state index in [4.69, 9.17) is 9.26 Å². The van der Waals surface area contributed by atoms with Crippen LogP contribution in [0.1, 0.15) is 5.82 Å². The summed E-state index contributed by atoms with van der Waals surface area (Å²) in [7, 11) is 1.59. The van der Waals surface area contributed by atoms with Gasteiger partial charge in [0.15, 0.2) is 6.67 Å². The van der Waals surface area contributed by atoms with Crippen LogP contribution in [-0.4, -0.2) is 17.3 Å². The Morgan fingerprint density at radius 2 is 2.07 bits per heavy atom. The summed E-state index contributed by atoms with van der Waals surface area (Å²) < 4.78 is 22.0. The van der Waals surface area contributed by atoms with Gasteiger partial charge in [-0.05, 0) is 24.3 Å². The van der Waals surface area contributed by atoms with E-state index in [2.05, 4.69) is 10.1 Å². The van der Waals surface area contributed by atoms with E-state index >= 15 is 0 Å². The van der Waals surface area contributed by atoms with Crippen molar-refractivity contribution >= 4 is 0 Å². The first-order valence-electron chi connectivity index (χ1n) is 4.36. The van der Waals surface area contributed by atoms with Gasteiger partial charge in [0.2, 0.25) is 5.82 Å². The van der Waals surface area contributed by atoms with E-state index < -0.39 is 6.67 Å². The molecule has 4 nitrogen and oxygen atoms in total. The zero-order valence-electron chi connectivity index (χ0n) is 8.11. The lowest BCUT2D eigenvalue weighted by Gasteiger charge is -1.98. The van der Waals surface area contributed by atoms with E-state index in [0.717, 1.165) is 11.3 Å². The largest absolute Gasteiger partial charge is 0.497 e. The molecule has 0 bridgehead atoms. The van der Waals surface area contributed by atoms with E-state index in [9.17, 15) is 4.39 Å². The van der Waals surface area contributed by atoms with Gasteiger partial charge in [-0.15, -0.1) is 0 Å². The van der Waals surface area contributed by atoms with Crippen molar-refractivity contribution < 1.29 is 13.7 Å². The molecule has 0 saturated carbocycles. The number of halogens is 1. The van der Waals surface area contributed by atoms with Gasteiger partial charge in [0.05, 0.1) is 7.11 Å². The Kier molecular flexibility index (Phi) is 2.62. The van der Waals surface area contributed by atoms with E-state index in [1.54, 1.807) is 31.4 Å². The van der Waals surface area contributed by atoms with Crippen LogP contribution in [0.4, 0.5) is 4.39 Å². The molecule has 0 unspecified atom stereocenters. The minimum Gasteiger partial charge on any atom is -0.497 e. The molecular formula is C10H9FN2O2. The first-order chi connectivity index (χ1) is 7.33. The minimum absolute atomic E-state index is 0.0563. The van der Waals surface area contributed by atoms with Crippen molar-refractivity contribution in [2.45, 2.75) is 6.67 Å². The highest BCUT2D eigenvalue weighted by Crippen LogP contribution is 2.20. The lowest BCUT2D eigenvalue weighted by atomic mass is 10.2. The van der Waals surface area contributed by atoms with Gasteiger partial charge < -0.3 is 9.26 Å². The van der Waals surface area contributed by atoms with Crippen LogP contribution in [0.25, 0.3) is 11.5 Å². The molecule has 78 valence electrons. The average Bonchev–Trinajstić information content (AvgIpc) is 2.78. The molecule has 1 heterocycles. The summed E-state index contributed by atoms with van der Waals surface area (Å²) >= 11 is 0. The Balaban J connectivity index is 2.28. The molecule has 1 aromatic carbocycles. The number of benzene rings is 1. The molecule has 2 aromatic rings. The lowest BCUT2D eigenvalue weighted by molar-refractivity contribution is 0.396. The molecule has 5 heteroatoms. The third-order valence-corrected chi connectivity index (χ3v) is 1.92. The second kappa shape index (κ2) is 4.08. The van der Waals surface area contributed by atoms with Crippen molar-refractivity contribution in [1.82, 2.24) is 10.1 Å². The predicted octanol–water partition coefficient (Wildman–Crippen LogP) is 2.21. The monoisotopic (exact) mass is 208 g/mol. The molecular weight excluding hydrogens is 199 g/mol. The standard InChI is InChI=1S/C10H9FN2O2/c1-14-8-4-2-7(3-5-8)10-12-9(6-11)13-15-10/h2-5H,6H2,1H3. The van der Waals surface area contributed by atoms with Gasteiger partial charge in [0.1, 0.15) is 5.75 Å². The summed E-state index contributed by atoms with van der Waals surface area (Å²) in [6, 6.07) is 7.09. The fourth-order valence-electron chi connectivity index (χ4n) is 1.16. The predicted molar refractivity (Wildman–Crippen MR) is 51.1 cm³/mol. The highest BCUT2D eigenvalue weighted by atomic mass is 19.1. The first-order valence-corrected chi connectivity index (χ1v) is 4.36. The summed E-state index contributed by atoms with van der Waals surface area (Å²) in [5.74, 6) is 1.11. The summed E-state index contributed by atoms with van der Waals surface area (Å²) in [6.45, 7) is -0.723. The van der Waals surface area contributed by atoms with Gasteiger partial charge in [0.25, 0.3) is 5.89 Å². The van der Waals surface area contributed by atoms with Crippen LogP contribution in [-0.2, 0) is 6.67 Å². The van der Waals surface area contributed by atoms with Crippen molar-refractivity contribution in [3.63, 3.8) is 0 Å². The number of nitrogens with zero attached hydrogens (tertiary/aromatic N) is 2. The SMILES string of the molecule is COc1ccc(-c2nc(CF)no2)cc1. The minimum atomic E-state index is -0.723. The van der Waals surface area contributed by atoms with Crippen molar-refractivity contribution in [3.05, 3.63) is 30.1 Å². The van der Waals surface area contributed by atoms with Gasteiger partial charge in [0, 0.05) is 5.56 Å². The molecule has 0 aliphatic carbocycles.